The van der Waals surface area contributed by atoms with Crippen molar-refractivity contribution in [2.24, 2.45) is 5.92 Å². The smallest absolute Gasteiger partial charge is 0.416 e. The van der Waals surface area contributed by atoms with E-state index in [4.69, 9.17) is 22.2 Å². The molecule has 4 rings (SSSR count). The number of rotatable bonds is 13. The lowest BCUT2D eigenvalue weighted by Crippen LogP contribution is -2.47. The molecule has 0 fully saturated rings. The number of nitrogens with one attached hydrogen (secondary N) is 2. The van der Waals surface area contributed by atoms with Crippen molar-refractivity contribution in [1.29, 1.82) is 5.26 Å². The zero-order valence-electron chi connectivity index (χ0n) is 26.3. The summed E-state index contributed by atoms with van der Waals surface area (Å²) in [5.41, 5.74) is 2.03. The monoisotopic (exact) mass is 663 g/mol. The molecule has 47 heavy (non-hydrogen) atoms. The molecule has 0 aliphatic rings. The molecule has 2 aromatic heterocycles. The molecule has 0 spiro atoms. The van der Waals surface area contributed by atoms with E-state index in [0.29, 0.717) is 35.8 Å². The van der Waals surface area contributed by atoms with Crippen molar-refractivity contribution >= 4 is 28.9 Å². The fraction of sp³-hybridized carbons (Fsp3) is 0.324. The van der Waals surface area contributed by atoms with Crippen molar-refractivity contribution in [2.45, 2.75) is 52.0 Å². The third kappa shape index (κ3) is 10.3. The maximum absolute atomic E-state index is 13.9. The number of nitrogens with zero attached hydrogens (tertiary/aromatic N) is 5. The van der Waals surface area contributed by atoms with Gasteiger partial charge in [-0.15, -0.1) is 0 Å². The molecule has 1 atom stereocenters. The third-order valence-electron chi connectivity index (χ3n) is 7.31. The number of thiocarbonyl (C=S) groups is 1. The molecule has 2 heterocycles. The van der Waals surface area contributed by atoms with Crippen LogP contribution in [-0.2, 0) is 30.5 Å². The van der Waals surface area contributed by atoms with Gasteiger partial charge >= 0.3 is 6.18 Å². The van der Waals surface area contributed by atoms with E-state index in [2.05, 4.69) is 26.7 Å². The Labute approximate surface area is 277 Å². The SMILES string of the molecule is COc1ccc(NC(=S)N(Cc2ccccc2C(F)(F)F)C[C@H](CC(C)C)NC(=O)Cc2cncn2Cc2ccc(C#N)cc2)cn1. The first-order chi connectivity index (χ1) is 22.4. The zero-order chi connectivity index (χ0) is 34.0. The van der Waals surface area contributed by atoms with Crippen LogP contribution in [0.1, 0.15) is 48.2 Å². The van der Waals surface area contributed by atoms with Gasteiger partial charge in [-0.1, -0.05) is 44.2 Å². The zero-order valence-corrected chi connectivity index (χ0v) is 27.1. The summed E-state index contributed by atoms with van der Waals surface area (Å²) in [5, 5.41) is 15.4. The number of hydrogen-bond acceptors (Lipinski definition) is 6. The lowest BCUT2D eigenvalue weighted by atomic mass is 10.0. The number of amides is 1. The van der Waals surface area contributed by atoms with Gasteiger partial charge < -0.3 is 24.8 Å². The van der Waals surface area contributed by atoms with E-state index in [1.54, 1.807) is 47.8 Å². The first-order valence-corrected chi connectivity index (χ1v) is 15.3. The van der Waals surface area contributed by atoms with Gasteiger partial charge in [0.1, 0.15) is 0 Å². The molecule has 0 bridgehead atoms. The average Bonchev–Trinajstić information content (AvgIpc) is 3.46. The Morgan fingerprint density at radius 1 is 1.11 bits per heavy atom. The van der Waals surface area contributed by atoms with Crippen LogP contribution >= 0.6 is 12.2 Å². The highest BCUT2D eigenvalue weighted by atomic mass is 32.1. The minimum atomic E-state index is -4.55. The third-order valence-corrected chi connectivity index (χ3v) is 7.67. The standard InChI is InChI=1S/C34H36F3N7O2S/c1-23(2)14-28(41-31(45)15-29-18-39-22-44(29)19-25-10-8-24(16-38)9-11-25)21-43(20-26-6-4-5-7-30(26)34(35,36)37)33(47)42-27-12-13-32(46-3)40-17-27/h4-13,17-18,22-23,28H,14-15,19-21H2,1-3H3,(H,41,45)(H,42,47)/t28-/m0/s1. The molecule has 9 nitrogen and oxygen atoms in total. The molecule has 4 aromatic rings. The number of carbonyl (C=O) groups excluding carboxylic acids is 1. The number of hydrogen-bond donors (Lipinski definition) is 2. The summed E-state index contributed by atoms with van der Waals surface area (Å²) in [6, 6.07) is 17.6. The van der Waals surface area contributed by atoms with Crippen LogP contribution in [0.2, 0.25) is 0 Å². The van der Waals surface area contributed by atoms with Crippen molar-refractivity contribution in [3.05, 3.63) is 107 Å². The van der Waals surface area contributed by atoms with Crippen molar-refractivity contribution in [3.8, 4) is 11.9 Å². The Bertz CT molecular complexity index is 1680. The van der Waals surface area contributed by atoms with Crippen LogP contribution in [0.3, 0.4) is 0 Å². The minimum absolute atomic E-state index is 0.0436. The molecule has 0 saturated heterocycles. The highest BCUT2D eigenvalue weighted by molar-refractivity contribution is 7.80. The van der Waals surface area contributed by atoms with Gasteiger partial charge in [0.25, 0.3) is 0 Å². The van der Waals surface area contributed by atoms with Gasteiger partial charge in [0.15, 0.2) is 5.11 Å². The van der Waals surface area contributed by atoms with Crippen LogP contribution in [-0.4, -0.2) is 50.2 Å². The highest BCUT2D eigenvalue weighted by Crippen LogP contribution is 2.32. The van der Waals surface area contributed by atoms with Gasteiger partial charge in [-0.25, -0.2) is 9.97 Å². The molecule has 0 saturated carbocycles. The van der Waals surface area contributed by atoms with Crippen molar-refractivity contribution in [2.75, 3.05) is 19.0 Å². The van der Waals surface area contributed by atoms with Gasteiger partial charge in [0.05, 0.1) is 48.9 Å². The predicted octanol–water partition coefficient (Wildman–Crippen LogP) is 6.20. The second-order valence-electron chi connectivity index (χ2n) is 11.4. The van der Waals surface area contributed by atoms with Crippen LogP contribution < -0.4 is 15.4 Å². The molecule has 0 aliphatic heterocycles. The van der Waals surface area contributed by atoms with E-state index in [1.807, 2.05) is 30.5 Å². The molecule has 246 valence electrons. The van der Waals surface area contributed by atoms with E-state index in [0.717, 1.165) is 11.6 Å². The summed E-state index contributed by atoms with van der Waals surface area (Å²) in [4.78, 5) is 23.4. The van der Waals surface area contributed by atoms with E-state index in [9.17, 15) is 18.0 Å². The van der Waals surface area contributed by atoms with Crippen LogP contribution in [0, 0.1) is 17.2 Å². The number of halogens is 3. The number of nitriles is 1. The average molecular weight is 664 g/mol. The van der Waals surface area contributed by atoms with E-state index < -0.39 is 17.8 Å². The Kier molecular flexibility index (Phi) is 11.9. The molecule has 2 aromatic carbocycles. The lowest BCUT2D eigenvalue weighted by Gasteiger charge is -2.32. The maximum Gasteiger partial charge on any atom is 0.416 e. The summed E-state index contributed by atoms with van der Waals surface area (Å²) in [5.74, 6) is 0.306. The molecular formula is C34H36F3N7O2S. The number of benzene rings is 2. The summed E-state index contributed by atoms with van der Waals surface area (Å²) in [6.07, 6.45) is 0.834. The number of methoxy groups -OCH3 is 1. The van der Waals surface area contributed by atoms with E-state index in [-0.39, 0.29) is 42.0 Å². The molecule has 0 radical (unpaired) electrons. The number of aromatic nitrogens is 3. The molecular weight excluding hydrogens is 627 g/mol. The number of anilines is 1. The van der Waals surface area contributed by atoms with Gasteiger partial charge in [0.2, 0.25) is 11.8 Å². The quantitative estimate of drug-likeness (QED) is 0.163. The maximum atomic E-state index is 13.9. The number of pyridine rings is 1. The number of alkyl halides is 3. The fourth-order valence-electron chi connectivity index (χ4n) is 5.11. The Morgan fingerprint density at radius 3 is 2.49 bits per heavy atom. The molecule has 0 unspecified atom stereocenters. The van der Waals surface area contributed by atoms with Crippen LogP contribution in [0.4, 0.5) is 18.9 Å². The van der Waals surface area contributed by atoms with Gasteiger partial charge in [-0.05, 0) is 59.9 Å². The molecule has 2 N–H and O–H groups in total. The van der Waals surface area contributed by atoms with Crippen LogP contribution in [0.25, 0.3) is 0 Å². The van der Waals surface area contributed by atoms with E-state index in [1.165, 1.54) is 25.4 Å². The second kappa shape index (κ2) is 16.0. The Morgan fingerprint density at radius 2 is 1.85 bits per heavy atom. The van der Waals surface area contributed by atoms with E-state index >= 15 is 0 Å². The normalized spacial score (nSPS) is 11.9. The lowest BCUT2D eigenvalue weighted by molar-refractivity contribution is -0.138. The van der Waals surface area contributed by atoms with Gasteiger partial charge in [-0.2, -0.15) is 18.4 Å². The van der Waals surface area contributed by atoms with Gasteiger partial charge in [-0.3, -0.25) is 4.79 Å². The minimum Gasteiger partial charge on any atom is -0.481 e. The van der Waals surface area contributed by atoms with Crippen LogP contribution in [0.5, 0.6) is 5.88 Å². The molecule has 1 amide bonds. The molecule has 0 aliphatic carbocycles. The van der Waals surface area contributed by atoms with Gasteiger partial charge in [0, 0.05) is 43.6 Å². The first kappa shape index (κ1) is 34.9. The number of ether oxygens (including phenoxy) is 1. The summed E-state index contributed by atoms with van der Waals surface area (Å²) in [7, 11) is 1.49. The van der Waals surface area contributed by atoms with Crippen molar-refractivity contribution < 1.29 is 22.7 Å². The summed E-state index contributed by atoms with van der Waals surface area (Å²) >= 11 is 5.72. The summed E-state index contributed by atoms with van der Waals surface area (Å²) < 4.78 is 48.8. The van der Waals surface area contributed by atoms with Crippen molar-refractivity contribution in [1.82, 2.24) is 24.8 Å². The van der Waals surface area contributed by atoms with Crippen molar-refractivity contribution in [3.63, 3.8) is 0 Å². The largest absolute Gasteiger partial charge is 0.481 e. The number of carbonyl (C=O) groups is 1. The van der Waals surface area contributed by atoms with Crippen LogP contribution in [0.15, 0.2) is 79.4 Å². The first-order valence-electron chi connectivity index (χ1n) is 14.9. The summed E-state index contributed by atoms with van der Waals surface area (Å²) in [6.45, 7) is 4.49. The topological polar surface area (TPSA) is 108 Å². The number of imidazole rings is 1. The molecule has 13 heteroatoms. The Hall–Kier alpha value is -4.96. The highest BCUT2D eigenvalue weighted by Gasteiger charge is 2.34. The second-order valence-corrected chi connectivity index (χ2v) is 11.8. The fourth-order valence-corrected chi connectivity index (χ4v) is 5.37. The Balaban J connectivity index is 1.53. The predicted molar refractivity (Wildman–Crippen MR) is 176 cm³/mol.